The molecule has 0 aliphatic heterocycles. The Morgan fingerprint density at radius 1 is 0.705 bits per heavy atom. The zero-order valence-electron chi connectivity index (χ0n) is 26.0. The predicted octanol–water partition coefficient (Wildman–Crippen LogP) is 8.02. The van der Waals surface area contributed by atoms with E-state index in [1.54, 1.807) is 6.92 Å². The van der Waals surface area contributed by atoms with Crippen molar-refractivity contribution in [3.8, 4) is 5.75 Å². The van der Waals surface area contributed by atoms with Gasteiger partial charge in [0.1, 0.15) is 18.5 Å². The van der Waals surface area contributed by atoms with Gasteiger partial charge < -0.3 is 18.9 Å². The lowest BCUT2D eigenvalue weighted by molar-refractivity contribution is -0.156. The van der Waals surface area contributed by atoms with Gasteiger partial charge in [-0.2, -0.15) is 0 Å². The van der Waals surface area contributed by atoms with Gasteiger partial charge in [-0.1, -0.05) is 97.9 Å². The van der Waals surface area contributed by atoms with Gasteiger partial charge in [-0.15, -0.1) is 0 Å². The Morgan fingerprint density at radius 3 is 2.20 bits per heavy atom. The molecule has 0 N–H and O–H groups in total. The number of carbonyl (C=O) groups excluding carboxylic acids is 1. The van der Waals surface area contributed by atoms with Crippen LogP contribution < -0.4 is 4.74 Å². The first-order valence-corrected chi connectivity index (χ1v) is 15.7. The summed E-state index contributed by atoms with van der Waals surface area (Å²) in [7, 11) is 0. The molecule has 5 rings (SSSR count). The van der Waals surface area contributed by atoms with Crippen LogP contribution in [-0.2, 0) is 38.3 Å². The zero-order valence-corrected chi connectivity index (χ0v) is 26.0. The second-order valence-corrected chi connectivity index (χ2v) is 10.9. The smallest absolute Gasteiger partial charge is 0.335 e. The van der Waals surface area contributed by atoms with E-state index in [-0.39, 0.29) is 12.1 Å². The Hall–Kier alpha value is -4.19. The van der Waals surface area contributed by atoms with Crippen molar-refractivity contribution >= 4 is 18.1 Å². The van der Waals surface area contributed by atoms with Gasteiger partial charge in [0.15, 0.2) is 6.10 Å². The molecule has 0 saturated carbocycles. The summed E-state index contributed by atoms with van der Waals surface area (Å²) in [5.41, 5.74) is 9.57. The maximum Gasteiger partial charge on any atom is 0.335 e. The molecule has 44 heavy (non-hydrogen) atoms. The van der Waals surface area contributed by atoms with Crippen LogP contribution in [0.1, 0.15) is 71.4 Å². The number of benzene rings is 4. The van der Waals surface area contributed by atoms with Crippen LogP contribution in [0.4, 0.5) is 0 Å². The fraction of sp³-hybridized carbons (Fsp3) is 0.308. The van der Waals surface area contributed by atoms with Crippen LogP contribution in [0, 0.1) is 0 Å². The summed E-state index contributed by atoms with van der Waals surface area (Å²) in [4.78, 5) is 12.2. The molecule has 5 nitrogen and oxygen atoms in total. The average molecular weight is 591 g/mol. The molecule has 0 spiro atoms. The third kappa shape index (κ3) is 8.04. The normalized spacial score (nSPS) is 14.3. The van der Waals surface area contributed by atoms with Crippen molar-refractivity contribution in [1.29, 1.82) is 0 Å². The minimum atomic E-state index is -0.609. The molecule has 0 fully saturated rings. The lowest BCUT2D eigenvalue weighted by atomic mass is 9.92. The molecule has 5 heteroatoms. The summed E-state index contributed by atoms with van der Waals surface area (Å²) in [6.07, 6.45) is 5.93. The zero-order chi connectivity index (χ0) is 30.7. The van der Waals surface area contributed by atoms with Gasteiger partial charge in [0.25, 0.3) is 0 Å². The van der Waals surface area contributed by atoms with Crippen LogP contribution in [0.5, 0.6) is 5.75 Å². The number of ether oxygens (including phenoxy) is 4. The van der Waals surface area contributed by atoms with Crippen molar-refractivity contribution in [2.75, 3.05) is 26.4 Å². The first-order chi connectivity index (χ1) is 21.6. The SMILES string of the molecule is CCOC(=O)C(Cc1ccc(OCCOC2c3ccc(Cc4ccccc4)cc3C=Cc3ccc(CC)cc32)cc1)OCC. The highest BCUT2D eigenvalue weighted by molar-refractivity contribution is 5.77. The Kier molecular flexibility index (Phi) is 11.0. The number of aryl methyl sites for hydroxylation is 1. The Balaban J connectivity index is 1.26. The number of carbonyl (C=O) groups is 1. The molecule has 0 saturated heterocycles. The van der Waals surface area contributed by atoms with Crippen LogP contribution in [0.2, 0.25) is 0 Å². The van der Waals surface area contributed by atoms with E-state index in [0.717, 1.165) is 24.2 Å². The van der Waals surface area contributed by atoms with E-state index in [0.29, 0.717) is 32.8 Å². The molecular weight excluding hydrogens is 548 g/mol. The van der Waals surface area contributed by atoms with E-state index >= 15 is 0 Å². The average Bonchev–Trinajstić information content (AvgIpc) is 3.20. The largest absolute Gasteiger partial charge is 0.491 e. The van der Waals surface area contributed by atoms with Gasteiger partial charge in [-0.25, -0.2) is 4.79 Å². The molecule has 1 aliphatic carbocycles. The Morgan fingerprint density at radius 2 is 1.45 bits per heavy atom. The van der Waals surface area contributed by atoms with Crippen molar-refractivity contribution in [1.82, 2.24) is 0 Å². The lowest BCUT2D eigenvalue weighted by Gasteiger charge is -2.22. The van der Waals surface area contributed by atoms with Gasteiger partial charge in [0, 0.05) is 13.0 Å². The molecule has 0 aromatic heterocycles. The molecule has 0 heterocycles. The van der Waals surface area contributed by atoms with Gasteiger partial charge in [0.2, 0.25) is 0 Å². The summed E-state index contributed by atoms with van der Waals surface area (Å²) in [5, 5.41) is 0. The molecule has 228 valence electrons. The summed E-state index contributed by atoms with van der Waals surface area (Å²) < 4.78 is 23.4. The monoisotopic (exact) mass is 590 g/mol. The van der Waals surface area contributed by atoms with E-state index in [4.69, 9.17) is 18.9 Å². The second kappa shape index (κ2) is 15.5. The van der Waals surface area contributed by atoms with Gasteiger partial charge in [0.05, 0.1) is 13.2 Å². The summed E-state index contributed by atoms with van der Waals surface area (Å²) in [5.74, 6) is 0.422. The van der Waals surface area contributed by atoms with E-state index in [1.807, 2.05) is 31.2 Å². The molecule has 1 aliphatic rings. The number of hydrogen-bond acceptors (Lipinski definition) is 5. The molecule has 2 unspecified atom stereocenters. The molecule has 4 aromatic carbocycles. The first-order valence-electron chi connectivity index (χ1n) is 15.7. The van der Waals surface area contributed by atoms with Crippen LogP contribution >= 0.6 is 0 Å². The van der Waals surface area contributed by atoms with E-state index in [1.165, 1.54) is 38.9 Å². The van der Waals surface area contributed by atoms with Gasteiger partial charge >= 0.3 is 5.97 Å². The van der Waals surface area contributed by atoms with E-state index < -0.39 is 6.10 Å². The topological polar surface area (TPSA) is 54.0 Å². The number of esters is 1. The maximum absolute atomic E-state index is 12.2. The molecule has 0 amide bonds. The number of fused-ring (bicyclic) bond motifs is 2. The fourth-order valence-corrected chi connectivity index (χ4v) is 5.61. The van der Waals surface area contributed by atoms with E-state index in [9.17, 15) is 4.79 Å². The summed E-state index contributed by atoms with van der Waals surface area (Å²) in [6.45, 7) is 7.49. The van der Waals surface area contributed by atoms with Crippen molar-refractivity contribution in [3.05, 3.63) is 136 Å². The van der Waals surface area contributed by atoms with Gasteiger partial charge in [-0.05, 0) is 83.3 Å². The molecule has 2 atom stereocenters. The standard InChI is InChI=1S/C39H42O5/c1-4-28-12-16-32-17-18-33-25-31(24-29-10-8-7-9-11-29)15-21-35(33)38(36(32)26-28)44-23-22-43-34-19-13-30(14-20-34)27-37(41-5-2)39(40)42-6-3/h7-21,25-26,37-38H,4-6,22-24,27H2,1-3H3. The highest BCUT2D eigenvalue weighted by Gasteiger charge is 2.23. The maximum atomic E-state index is 12.2. The third-order valence-corrected chi connectivity index (χ3v) is 7.87. The third-order valence-electron chi connectivity index (χ3n) is 7.87. The number of hydrogen-bond donors (Lipinski definition) is 0. The molecule has 4 aromatic rings. The molecule has 0 radical (unpaired) electrons. The van der Waals surface area contributed by atoms with Crippen molar-refractivity contribution in [2.24, 2.45) is 0 Å². The van der Waals surface area contributed by atoms with Crippen LogP contribution in [0.3, 0.4) is 0 Å². The lowest BCUT2D eigenvalue weighted by Crippen LogP contribution is -2.28. The highest BCUT2D eigenvalue weighted by Crippen LogP contribution is 2.37. The summed E-state index contributed by atoms with van der Waals surface area (Å²) in [6, 6.07) is 31.8. The van der Waals surface area contributed by atoms with Crippen LogP contribution in [-0.4, -0.2) is 38.5 Å². The highest BCUT2D eigenvalue weighted by atomic mass is 16.6. The quantitative estimate of drug-likeness (QED) is 0.110. The second-order valence-electron chi connectivity index (χ2n) is 10.9. The van der Waals surface area contributed by atoms with Crippen molar-refractivity contribution in [2.45, 2.75) is 52.2 Å². The number of rotatable bonds is 14. The molecule has 0 bridgehead atoms. The Bertz CT molecular complexity index is 1540. The Labute approximate surface area is 261 Å². The minimum Gasteiger partial charge on any atom is -0.491 e. The minimum absolute atomic E-state index is 0.198. The summed E-state index contributed by atoms with van der Waals surface area (Å²) >= 11 is 0. The van der Waals surface area contributed by atoms with Crippen LogP contribution in [0.25, 0.3) is 12.2 Å². The van der Waals surface area contributed by atoms with Crippen molar-refractivity contribution < 1.29 is 23.7 Å². The van der Waals surface area contributed by atoms with Gasteiger partial charge in [-0.3, -0.25) is 0 Å². The van der Waals surface area contributed by atoms with Crippen molar-refractivity contribution in [3.63, 3.8) is 0 Å². The fourth-order valence-electron chi connectivity index (χ4n) is 5.61. The van der Waals surface area contributed by atoms with Crippen LogP contribution in [0.15, 0.2) is 91.0 Å². The predicted molar refractivity (Wildman–Crippen MR) is 176 cm³/mol. The van der Waals surface area contributed by atoms with E-state index in [2.05, 4.69) is 85.8 Å². The first kappa shape index (κ1) is 31.2. The molecular formula is C39H42O5.